The predicted octanol–water partition coefficient (Wildman–Crippen LogP) is 2.34. The summed E-state index contributed by atoms with van der Waals surface area (Å²) in [7, 11) is 0. The number of fused-ring (bicyclic) bond motifs is 1. The largest absolute Gasteiger partial charge is 0.361 e. The van der Waals surface area contributed by atoms with Crippen LogP contribution in [0, 0.1) is 0 Å². The lowest BCUT2D eigenvalue weighted by Crippen LogP contribution is -2.51. The van der Waals surface area contributed by atoms with Crippen LogP contribution in [0.3, 0.4) is 0 Å². The summed E-state index contributed by atoms with van der Waals surface area (Å²) in [5, 5.41) is 4.57. The maximum atomic E-state index is 12.2. The Labute approximate surface area is 131 Å². The van der Waals surface area contributed by atoms with Gasteiger partial charge in [0.1, 0.15) is 0 Å². The third-order valence-corrected chi connectivity index (χ3v) is 3.97. The standard InChI is InChI=1S/C16H21N3O.ClH/c1-12-11-19(9-8-17-12)16(20)5-3-13-2-4-15-14(10-13)6-7-18-15;/h2,4,6-7,10,12,17-18H,3,5,8-9,11H2,1H3;1H/t12-;/m1./s1. The molecular weight excluding hydrogens is 286 g/mol. The van der Waals surface area contributed by atoms with E-state index in [0.717, 1.165) is 31.6 Å². The van der Waals surface area contributed by atoms with Crippen molar-refractivity contribution in [1.82, 2.24) is 15.2 Å². The van der Waals surface area contributed by atoms with Crippen molar-refractivity contribution >= 4 is 29.2 Å². The average molecular weight is 308 g/mol. The van der Waals surface area contributed by atoms with Gasteiger partial charge in [0.25, 0.3) is 0 Å². The summed E-state index contributed by atoms with van der Waals surface area (Å²) < 4.78 is 0. The second-order valence-corrected chi connectivity index (χ2v) is 5.59. The van der Waals surface area contributed by atoms with E-state index < -0.39 is 0 Å². The maximum Gasteiger partial charge on any atom is 0.222 e. The number of rotatable bonds is 3. The molecule has 1 amide bonds. The van der Waals surface area contributed by atoms with Crippen molar-refractivity contribution in [2.45, 2.75) is 25.8 Å². The summed E-state index contributed by atoms with van der Waals surface area (Å²) >= 11 is 0. The molecule has 1 aromatic carbocycles. The van der Waals surface area contributed by atoms with Crippen molar-refractivity contribution in [2.24, 2.45) is 0 Å². The van der Waals surface area contributed by atoms with Crippen molar-refractivity contribution in [3.05, 3.63) is 36.0 Å². The van der Waals surface area contributed by atoms with Gasteiger partial charge in [0.2, 0.25) is 5.91 Å². The number of amides is 1. The first-order valence-electron chi connectivity index (χ1n) is 7.29. The van der Waals surface area contributed by atoms with Crippen molar-refractivity contribution in [2.75, 3.05) is 19.6 Å². The van der Waals surface area contributed by atoms with E-state index >= 15 is 0 Å². The first kappa shape index (κ1) is 15.9. The molecule has 4 nitrogen and oxygen atoms in total. The number of halogens is 1. The van der Waals surface area contributed by atoms with Gasteiger partial charge in [-0.15, -0.1) is 12.4 Å². The van der Waals surface area contributed by atoms with Gasteiger partial charge in [-0.2, -0.15) is 0 Å². The Morgan fingerprint density at radius 2 is 2.24 bits per heavy atom. The van der Waals surface area contributed by atoms with Gasteiger partial charge >= 0.3 is 0 Å². The van der Waals surface area contributed by atoms with Gasteiger partial charge in [0, 0.05) is 43.8 Å². The monoisotopic (exact) mass is 307 g/mol. The molecule has 0 unspecified atom stereocenters. The van der Waals surface area contributed by atoms with Crippen LogP contribution in [0.15, 0.2) is 30.5 Å². The second-order valence-electron chi connectivity index (χ2n) is 5.59. The van der Waals surface area contributed by atoms with E-state index in [2.05, 4.69) is 41.5 Å². The van der Waals surface area contributed by atoms with Gasteiger partial charge in [0.15, 0.2) is 0 Å². The normalized spacial score (nSPS) is 18.5. The Morgan fingerprint density at radius 1 is 1.38 bits per heavy atom. The summed E-state index contributed by atoms with van der Waals surface area (Å²) in [6, 6.07) is 8.83. The predicted molar refractivity (Wildman–Crippen MR) is 87.9 cm³/mol. The smallest absolute Gasteiger partial charge is 0.222 e. The second kappa shape index (κ2) is 6.96. The highest BCUT2D eigenvalue weighted by molar-refractivity contribution is 5.85. The van der Waals surface area contributed by atoms with Crippen LogP contribution in [0.1, 0.15) is 18.9 Å². The van der Waals surface area contributed by atoms with Crippen molar-refractivity contribution < 1.29 is 4.79 Å². The molecule has 1 saturated heterocycles. The third-order valence-electron chi connectivity index (χ3n) is 3.97. The number of nitrogens with zero attached hydrogens (tertiary/aromatic N) is 1. The van der Waals surface area contributed by atoms with E-state index in [1.165, 1.54) is 10.9 Å². The van der Waals surface area contributed by atoms with Gasteiger partial charge in [-0.1, -0.05) is 6.07 Å². The summed E-state index contributed by atoms with van der Waals surface area (Å²) in [5.41, 5.74) is 2.38. The highest BCUT2D eigenvalue weighted by atomic mass is 35.5. The maximum absolute atomic E-state index is 12.2. The molecule has 1 aromatic heterocycles. The number of H-pyrrole nitrogens is 1. The summed E-state index contributed by atoms with van der Waals surface area (Å²) in [5.74, 6) is 0.271. The van der Waals surface area contributed by atoms with E-state index in [4.69, 9.17) is 0 Å². The molecule has 114 valence electrons. The highest BCUT2D eigenvalue weighted by Gasteiger charge is 2.19. The van der Waals surface area contributed by atoms with Crippen LogP contribution in [0.2, 0.25) is 0 Å². The minimum absolute atomic E-state index is 0. The van der Waals surface area contributed by atoms with Crippen LogP contribution in [-0.2, 0) is 11.2 Å². The van der Waals surface area contributed by atoms with Crippen LogP contribution in [0.4, 0.5) is 0 Å². The number of carbonyl (C=O) groups excluding carboxylic acids is 1. The lowest BCUT2D eigenvalue weighted by atomic mass is 10.1. The number of hydrogen-bond acceptors (Lipinski definition) is 2. The molecule has 3 rings (SSSR count). The molecular formula is C16H22ClN3O. The molecule has 5 heteroatoms. The summed E-state index contributed by atoms with van der Waals surface area (Å²) in [4.78, 5) is 17.4. The zero-order valence-corrected chi connectivity index (χ0v) is 13.1. The topological polar surface area (TPSA) is 48.1 Å². The zero-order chi connectivity index (χ0) is 13.9. The number of hydrogen-bond donors (Lipinski definition) is 2. The van der Waals surface area contributed by atoms with E-state index in [1.807, 2.05) is 11.1 Å². The van der Waals surface area contributed by atoms with Gasteiger partial charge in [-0.3, -0.25) is 4.79 Å². The molecule has 1 aliphatic rings. The molecule has 0 spiro atoms. The lowest BCUT2D eigenvalue weighted by molar-refractivity contribution is -0.132. The Morgan fingerprint density at radius 3 is 3.05 bits per heavy atom. The molecule has 0 bridgehead atoms. The fraction of sp³-hybridized carbons (Fsp3) is 0.438. The molecule has 21 heavy (non-hydrogen) atoms. The quantitative estimate of drug-likeness (QED) is 0.914. The third kappa shape index (κ3) is 3.77. The van der Waals surface area contributed by atoms with Crippen LogP contribution in [-0.4, -0.2) is 41.5 Å². The molecule has 0 aliphatic carbocycles. The number of aryl methyl sites for hydroxylation is 1. The van der Waals surface area contributed by atoms with E-state index in [9.17, 15) is 4.79 Å². The zero-order valence-electron chi connectivity index (χ0n) is 12.3. The SMILES string of the molecule is C[C@@H]1CN(C(=O)CCc2ccc3[nH]ccc3c2)CCN1.Cl. The van der Waals surface area contributed by atoms with Crippen LogP contribution in [0.25, 0.3) is 10.9 Å². The van der Waals surface area contributed by atoms with Gasteiger partial charge in [0.05, 0.1) is 0 Å². The summed E-state index contributed by atoms with van der Waals surface area (Å²) in [6.45, 7) is 4.69. The Balaban J connectivity index is 0.00000161. The van der Waals surface area contributed by atoms with Gasteiger partial charge in [-0.25, -0.2) is 0 Å². The Hall–Kier alpha value is -1.52. The average Bonchev–Trinajstić information content (AvgIpc) is 2.92. The molecule has 2 N–H and O–H groups in total. The fourth-order valence-corrected chi connectivity index (χ4v) is 2.83. The molecule has 0 saturated carbocycles. The molecule has 1 aliphatic heterocycles. The Kier molecular flexibility index (Phi) is 5.26. The molecule has 2 heterocycles. The van der Waals surface area contributed by atoms with E-state index in [0.29, 0.717) is 12.5 Å². The number of benzene rings is 1. The van der Waals surface area contributed by atoms with Gasteiger partial charge in [-0.05, 0) is 42.5 Å². The lowest BCUT2D eigenvalue weighted by Gasteiger charge is -2.32. The number of aromatic nitrogens is 1. The van der Waals surface area contributed by atoms with E-state index in [-0.39, 0.29) is 18.3 Å². The molecule has 0 radical (unpaired) electrons. The minimum Gasteiger partial charge on any atom is -0.361 e. The molecule has 1 atom stereocenters. The summed E-state index contributed by atoms with van der Waals surface area (Å²) in [6.07, 6.45) is 3.36. The van der Waals surface area contributed by atoms with Crippen molar-refractivity contribution in [3.8, 4) is 0 Å². The first-order chi connectivity index (χ1) is 9.72. The van der Waals surface area contributed by atoms with Crippen LogP contribution < -0.4 is 5.32 Å². The van der Waals surface area contributed by atoms with Gasteiger partial charge < -0.3 is 15.2 Å². The number of nitrogens with one attached hydrogen (secondary N) is 2. The van der Waals surface area contributed by atoms with Crippen LogP contribution >= 0.6 is 12.4 Å². The number of carbonyl (C=O) groups is 1. The minimum atomic E-state index is 0. The molecule has 1 fully saturated rings. The number of aromatic amines is 1. The molecule has 2 aromatic rings. The van der Waals surface area contributed by atoms with Crippen molar-refractivity contribution in [3.63, 3.8) is 0 Å². The first-order valence-corrected chi connectivity index (χ1v) is 7.29. The highest BCUT2D eigenvalue weighted by Crippen LogP contribution is 2.16. The van der Waals surface area contributed by atoms with E-state index in [1.54, 1.807) is 0 Å². The number of piperazine rings is 1. The van der Waals surface area contributed by atoms with Crippen LogP contribution in [0.5, 0.6) is 0 Å². The Bertz CT molecular complexity index is 610. The fourth-order valence-electron chi connectivity index (χ4n) is 2.83. The van der Waals surface area contributed by atoms with Crippen molar-refractivity contribution in [1.29, 1.82) is 0 Å².